The molecule has 1 aliphatic rings. The van der Waals surface area contributed by atoms with Crippen LogP contribution in [0.4, 0.5) is 23.8 Å². The Balaban J connectivity index is 1.38. The van der Waals surface area contributed by atoms with Gasteiger partial charge in [-0.2, -0.15) is 18.3 Å². The van der Waals surface area contributed by atoms with Gasteiger partial charge in [-0.1, -0.05) is 23.7 Å². The molecule has 0 bridgehead atoms. The molecule has 1 N–H and O–H groups in total. The number of aromatic nitrogens is 2. The van der Waals surface area contributed by atoms with Crippen molar-refractivity contribution in [3.63, 3.8) is 0 Å². The van der Waals surface area contributed by atoms with Gasteiger partial charge in [-0.15, -0.1) is 5.10 Å². The second-order valence-electron chi connectivity index (χ2n) is 6.71. The lowest BCUT2D eigenvalue weighted by molar-refractivity contribution is -0.137. The lowest BCUT2D eigenvalue weighted by Gasteiger charge is -2.35. The first-order chi connectivity index (χ1) is 13.8. The number of hydrogen-bond acceptors (Lipinski definition) is 4. The zero-order valence-electron chi connectivity index (χ0n) is 15.6. The van der Waals surface area contributed by atoms with Gasteiger partial charge in [0.1, 0.15) is 0 Å². The third-order valence-corrected chi connectivity index (χ3v) is 5.01. The highest BCUT2D eigenvalue weighted by Crippen LogP contribution is 2.29. The Hall–Kier alpha value is -2.55. The van der Waals surface area contributed by atoms with Gasteiger partial charge in [0, 0.05) is 32.7 Å². The molecule has 2 heterocycles. The van der Waals surface area contributed by atoms with E-state index in [0.717, 1.165) is 17.7 Å². The lowest BCUT2D eigenvalue weighted by Crippen LogP contribution is -2.52. The smallest absolute Gasteiger partial charge is 0.350 e. The lowest BCUT2D eigenvalue weighted by atomic mass is 10.1. The average Bonchev–Trinajstić information content (AvgIpc) is 2.71. The summed E-state index contributed by atoms with van der Waals surface area (Å²) in [5.41, 5.74) is 0.151. The fraction of sp³-hybridized carbons (Fsp3) is 0.421. The topological polar surface area (TPSA) is 61.4 Å². The number of nitrogens with zero attached hydrogens (tertiary/aromatic N) is 4. The van der Waals surface area contributed by atoms with Crippen molar-refractivity contribution in [1.29, 1.82) is 0 Å². The average molecular weight is 428 g/mol. The molecule has 1 aromatic carbocycles. The van der Waals surface area contributed by atoms with Crippen LogP contribution in [0, 0.1) is 0 Å². The molecule has 10 heteroatoms. The molecule has 0 radical (unpaired) electrons. The number of alkyl halides is 3. The Kier molecular flexibility index (Phi) is 6.79. The fourth-order valence-corrected chi connectivity index (χ4v) is 3.32. The summed E-state index contributed by atoms with van der Waals surface area (Å²) in [6, 6.07) is 6.64. The highest BCUT2D eigenvalue weighted by molar-refractivity contribution is 6.32. The van der Waals surface area contributed by atoms with Gasteiger partial charge in [0.2, 0.25) is 0 Å². The van der Waals surface area contributed by atoms with Crippen LogP contribution in [0.1, 0.15) is 17.5 Å². The van der Waals surface area contributed by atoms with E-state index in [2.05, 4.69) is 15.5 Å². The third-order valence-electron chi connectivity index (χ3n) is 4.72. The molecule has 0 unspecified atom stereocenters. The van der Waals surface area contributed by atoms with E-state index in [1.807, 2.05) is 4.90 Å². The summed E-state index contributed by atoms with van der Waals surface area (Å²) in [5.74, 6) is 0.616. The molecule has 0 saturated carbocycles. The predicted octanol–water partition coefficient (Wildman–Crippen LogP) is 3.61. The van der Waals surface area contributed by atoms with Crippen molar-refractivity contribution in [3.8, 4) is 0 Å². The van der Waals surface area contributed by atoms with Gasteiger partial charge in [0.25, 0.3) is 0 Å². The molecule has 3 rings (SSSR count). The van der Waals surface area contributed by atoms with Crippen molar-refractivity contribution in [2.75, 3.05) is 37.6 Å². The van der Waals surface area contributed by atoms with E-state index < -0.39 is 11.7 Å². The van der Waals surface area contributed by atoms with E-state index in [1.54, 1.807) is 11.0 Å². The van der Waals surface area contributed by atoms with Crippen molar-refractivity contribution < 1.29 is 18.0 Å². The van der Waals surface area contributed by atoms with Crippen LogP contribution >= 0.6 is 11.6 Å². The van der Waals surface area contributed by atoms with Crippen LogP contribution in [0.15, 0.2) is 36.5 Å². The van der Waals surface area contributed by atoms with E-state index in [4.69, 9.17) is 11.6 Å². The molecule has 29 heavy (non-hydrogen) atoms. The van der Waals surface area contributed by atoms with Crippen LogP contribution in [0.2, 0.25) is 5.02 Å². The maximum absolute atomic E-state index is 12.6. The second kappa shape index (κ2) is 9.30. The Labute approximate surface area is 171 Å². The van der Waals surface area contributed by atoms with Gasteiger partial charge in [-0.25, -0.2) is 4.79 Å². The first kappa shape index (κ1) is 21.2. The number of rotatable bonds is 5. The number of halogens is 4. The van der Waals surface area contributed by atoms with Crippen LogP contribution in [-0.4, -0.2) is 53.9 Å². The van der Waals surface area contributed by atoms with Crippen molar-refractivity contribution in [3.05, 3.63) is 52.7 Å². The highest BCUT2D eigenvalue weighted by Gasteiger charge is 2.29. The van der Waals surface area contributed by atoms with Crippen LogP contribution in [0.25, 0.3) is 0 Å². The van der Waals surface area contributed by atoms with Gasteiger partial charge in [0.15, 0.2) is 5.82 Å². The summed E-state index contributed by atoms with van der Waals surface area (Å²) < 4.78 is 37.7. The Morgan fingerprint density at radius 3 is 2.41 bits per heavy atom. The quantitative estimate of drug-likeness (QED) is 0.740. The molecule has 0 aliphatic carbocycles. The maximum atomic E-state index is 12.6. The molecular formula is C19H21ClF3N5O. The van der Waals surface area contributed by atoms with E-state index in [0.29, 0.717) is 56.4 Å². The zero-order valence-corrected chi connectivity index (χ0v) is 16.4. The van der Waals surface area contributed by atoms with E-state index in [1.165, 1.54) is 18.3 Å². The number of urea groups is 1. The SMILES string of the molecule is O=C(NCCCc1ccc(C(F)(F)F)cc1)N1CCN(c2nnccc2Cl)CC1. The summed E-state index contributed by atoms with van der Waals surface area (Å²) in [6.45, 7) is 2.75. The number of carbonyl (C=O) groups excluding carboxylic acids is 1. The van der Waals surface area contributed by atoms with Crippen molar-refractivity contribution in [2.45, 2.75) is 19.0 Å². The number of hydrogen-bond donors (Lipinski definition) is 1. The minimum atomic E-state index is -4.32. The molecule has 6 nitrogen and oxygen atoms in total. The van der Waals surface area contributed by atoms with Gasteiger partial charge < -0.3 is 15.1 Å². The molecule has 1 aromatic heterocycles. The minimum Gasteiger partial charge on any atom is -0.350 e. The standard InChI is InChI=1S/C19H21ClF3N5O/c20-16-7-9-25-26-17(16)27-10-12-28(13-11-27)18(29)24-8-1-2-14-3-5-15(6-4-14)19(21,22)23/h3-7,9H,1-2,8,10-13H2,(H,24,29). The number of amides is 2. The predicted molar refractivity (Wildman–Crippen MR) is 104 cm³/mol. The minimum absolute atomic E-state index is 0.151. The van der Waals surface area contributed by atoms with Crippen LogP contribution < -0.4 is 10.2 Å². The number of anilines is 1. The third kappa shape index (κ3) is 5.72. The summed E-state index contributed by atoms with van der Waals surface area (Å²) >= 11 is 6.13. The van der Waals surface area contributed by atoms with E-state index in [-0.39, 0.29) is 6.03 Å². The monoisotopic (exact) mass is 427 g/mol. The fourth-order valence-electron chi connectivity index (χ4n) is 3.10. The number of carbonyl (C=O) groups is 1. The largest absolute Gasteiger partial charge is 0.416 e. The molecule has 1 saturated heterocycles. The summed E-state index contributed by atoms with van der Waals surface area (Å²) in [6.07, 6.45) is -1.56. The van der Waals surface area contributed by atoms with Crippen LogP contribution in [0.5, 0.6) is 0 Å². The molecule has 1 fully saturated rings. The summed E-state index contributed by atoms with van der Waals surface area (Å²) in [7, 11) is 0. The van der Waals surface area contributed by atoms with Gasteiger partial charge in [-0.05, 0) is 36.6 Å². The number of aryl methyl sites for hydroxylation is 1. The van der Waals surface area contributed by atoms with Crippen molar-refractivity contribution in [2.24, 2.45) is 0 Å². The van der Waals surface area contributed by atoms with Crippen molar-refractivity contribution >= 4 is 23.4 Å². The number of nitrogens with one attached hydrogen (secondary N) is 1. The number of benzene rings is 1. The molecule has 2 amide bonds. The van der Waals surface area contributed by atoms with E-state index in [9.17, 15) is 18.0 Å². The summed E-state index contributed by atoms with van der Waals surface area (Å²) in [5, 5.41) is 11.3. The van der Waals surface area contributed by atoms with Crippen LogP contribution in [-0.2, 0) is 12.6 Å². The van der Waals surface area contributed by atoms with Crippen LogP contribution in [0.3, 0.4) is 0 Å². The molecule has 0 spiro atoms. The molecular weight excluding hydrogens is 407 g/mol. The Morgan fingerprint density at radius 2 is 1.79 bits per heavy atom. The Morgan fingerprint density at radius 1 is 1.10 bits per heavy atom. The van der Waals surface area contributed by atoms with Crippen molar-refractivity contribution in [1.82, 2.24) is 20.4 Å². The zero-order chi connectivity index (χ0) is 20.9. The normalized spacial score (nSPS) is 14.8. The van der Waals surface area contributed by atoms with E-state index >= 15 is 0 Å². The number of piperazine rings is 1. The van der Waals surface area contributed by atoms with Gasteiger partial charge in [-0.3, -0.25) is 0 Å². The first-order valence-electron chi connectivity index (χ1n) is 9.25. The summed E-state index contributed by atoms with van der Waals surface area (Å²) in [4.78, 5) is 16.0. The molecule has 156 valence electrons. The second-order valence-corrected chi connectivity index (χ2v) is 7.11. The van der Waals surface area contributed by atoms with Gasteiger partial charge >= 0.3 is 12.2 Å². The molecule has 0 atom stereocenters. The van der Waals surface area contributed by atoms with Gasteiger partial charge in [0.05, 0.1) is 16.8 Å². The molecule has 1 aliphatic heterocycles. The maximum Gasteiger partial charge on any atom is 0.416 e. The Bertz CT molecular complexity index is 823. The highest BCUT2D eigenvalue weighted by atomic mass is 35.5. The molecule has 2 aromatic rings. The first-order valence-corrected chi connectivity index (χ1v) is 9.63.